The molecule has 1 atom stereocenters. The van der Waals surface area contributed by atoms with Gasteiger partial charge in [-0.05, 0) is 23.8 Å². The summed E-state index contributed by atoms with van der Waals surface area (Å²) >= 11 is 0. The van der Waals surface area contributed by atoms with Crippen molar-refractivity contribution in [2.75, 3.05) is 4.90 Å². The van der Waals surface area contributed by atoms with Gasteiger partial charge in [-0.1, -0.05) is 60.7 Å². The molecule has 0 saturated heterocycles. The third-order valence-corrected chi connectivity index (χ3v) is 5.49. The molecule has 0 unspecified atom stereocenters. The van der Waals surface area contributed by atoms with Crippen LogP contribution in [0.5, 0.6) is 0 Å². The maximum absolute atomic E-state index is 13.3. The van der Waals surface area contributed by atoms with Gasteiger partial charge >= 0.3 is 0 Å². The first kappa shape index (κ1) is 18.3. The van der Waals surface area contributed by atoms with E-state index < -0.39 is 17.3 Å². The minimum atomic E-state index is -1.93. The summed E-state index contributed by atoms with van der Waals surface area (Å²) in [7, 11) is 0. The van der Waals surface area contributed by atoms with Gasteiger partial charge in [-0.15, -0.1) is 0 Å². The highest BCUT2D eigenvalue weighted by molar-refractivity contribution is 6.10. The number of aromatic nitrogens is 2. The molecule has 0 radical (unpaired) electrons. The molecule has 6 nitrogen and oxygen atoms in total. The average molecular weight is 397 g/mol. The summed E-state index contributed by atoms with van der Waals surface area (Å²) in [5.74, 6) is -0.785. The number of hydrogen-bond acceptors (Lipinski definition) is 4. The standard InChI is InChI=1S/C24H19N3O3/c28-21(22-25-18-11-5-6-12-19(18)26-22)14-24(30)17-10-4-7-13-20(17)27(23(24)29)15-16-8-2-1-3-9-16/h1-13,30H,14-15H2,(H,25,26)/t24-/m1/s1. The Morgan fingerprint density at radius 3 is 2.47 bits per heavy atom. The number of rotatable bonds is 5. The van der Waals surface area contributed by atoms with Gasteiger partial charge in [0.1, 0.15) is 0 Å². The zero-order chi connectivity index (χ0) is 20.7. The molecule has 5 rings (SSSR count). The number of fused-ring (bicyclic) bond motifs is 2. The lowest BCUT2D eigenvalue weighted by atomic mass is 9.90. The Kier molecular flexibility index (Phi) is 4.22. The van der Waals surface area contributed by atoms with E-state index in [1.807, 2.05) is 54.6 Å². The van der Waals surface area contributed by atoms with Crippen LogP contribution < -0.4 is 4.90 Å². The number of carbonyl (C=O) groups excluding carboxylic acids is 2. The molecule has 1 amide bonds. The van der Waals surface area contributed by atoms with Gasteiger partial charge in [-0.3, -0.25) is 9.59 Å². The lowest BCUT2D eigenvalue weighted by Gasteiger charge is -2.22. The second-order valence-electron chi connectivity index (χ2n) is 7.46. The zero-order valence-electron chi connectivity index (χ0n) is 16.1. The maximum atomic E-state index is 13.3. The number of imidazole rings is 1. The molecule has 2 heterocycles. The molecule has 3 aromatic carbocycles. The van der Waals surface area contributed by atoms with Gasteiger partial charge in [0.25, 0.3) is 5.91 Å². The van der Waals surface area contributed by atoms with Crippen molar-refractivity contribution in [3.8, 4) is 0 Å². The van der Waals surface area contributed by atoms with E-state index in [9.17, 15) is 14.7 Å². The predicted molar refractivity (Wildman–Crippen MR) is 113 cm³/mol. The van der Waals surface area contributed by atoms with Crippen molar-refractivity contribution in [1.82, 2.24) is 9.97 Å². The van der Waals surface area contributed by atoms with Crippen molar-refractivity contribution in [1.29, 1.82) is 0 Å². The molecule has 30 heavy (non-hydrogen) atoms. The van der Waals surface area contributed by atoms with Crippen molar-refractivity contribution in [3.05, 3.63) is 95.8 Å². The number of hydrogen-bond donors (Lipinski definition) is 2. The third-order valence-electron chi connectivity index (χ3n) is 5.49. The van der Waals surface area contributed by atoms with Gasteiger partial charge in [0, 0.05) is 5.56 Å². The van der Waals surface area contributed by atoms with E-state index in [0.29, 0.717) is 23.3 Å². The number of aliphatic hydroxyl groups is 1. The van der Waals surface area contributed by atoms with Crippen LogP contribution >= 0.6 is 0 Å². The Balaban J connectivity index is 1.49. The number of aromatic amines is 1. The number of nitrogens with zero attached hydrogens (tertiary/aromatic N) is 2. The Morgan fingerprint density at radius 2 is 1.67 bits per heavy atom. The number of H-pyrrole nitrogens is 1. The Morgan fingerprint density at radius 1 is 0.967 bits per heavy atom. The van der Waals surface area contributed by atoms with Crippen LogP contribution in [-0.4, -0.2) is 26.8 Å². The summed E-state index contributed by atoms with van der Waals surface area (Å²) in [6, 6.07) is 23.9. The monoisotopic (exact) mass is 397 g/mol. The second kappa shape index (κ2) is 6.93. The van der Waals surface area contributed by atoms with E-state index >= 15 is 0 Å². The first-order valence-corrected chi connectivity index (χ1v) is 9.72. The number of ketones is 1. The largest absolute Gasteiger partial charge is 0.375 e. The van der Waals surface area contributed by atoms with E-state index in [1.54, 1.807) is 24.3 Å². The van der Waals surface area contributed by atoms with Crippen LogP contribution in [-0.2, 0) is 16.9 Å². The van der Waals surface area contributed by atoms with Crippen LogP contribution in [0.4, 0.5) is 5.69 Å². The molecule has 1 aliphatic rings. The van der Waals surface area contributed by atoms with Gasteiger partial charge < -0.3 is 15.0 Å². The number of anilines is 1. The smallest absolute Gasteiger partial charge is 0.264 e. The quantitative estimate of drug-likeness (QED) is 0.504. The zero-order valence-corrected chi connectivity index (χ0v) is 16.1. The molecule has 0 saturated carbocycles. The molecule has 1 aromatic heterocycles. The minimum absolute atomic E-state index is 0.136. The normalized spacial score (nSPS) is 18.0. The van der Waals surface area contributed by atoms with E-state index in [2.05, 4.69) is 9.97 Å². The lowest BCUT2D eigenvalue weighted by molar-refractivity contribution is -0.136. The van der Waals surface area contributed by atoms with E-state index in [-0.39, 0.29) is 12.2 Å². The molecule has 148 valence electrons. The van der Waals surface area contributed by atoms with Gasteiger partial charge in [0.05, 0.1) is 29.7 Å². The summed E-state index contributed by atoms with van der Waals surface area (Å²) in [6.45, 7) is 0.317. The van der Waals surface area contributed by atoms with Gasteiger partial charge in [0.2, 0.25) is 5.78 Å². The number of carbonyl (C=O) groups is 2. The van der Waals surface area contributed by atoms with Gasteiger partial charge in [-0.2, -0.15) is 0 Å². The van der Waals surface area contributed by atoms with Crippen molar-refractivity contribution in [2.45, 2.75) is 18.6 Å². The molecule has 0 bridgehead atoms. The number of amides is 1. The lowest BCUT2D eigenvalue weighted by Crippen LogP contribution is -2.41. The second-order valence-corrected chi connectivity index (χ2v) is 7.46. The van der Waals surface area contributed by atoms with Crippen LogP contribution in [0.25, 0.3) is 11.0 Å². The Labute approximate surface area is 172 Å². The summed E-state index contributed by atoms with van der Waals surface area (Å²) in [5.41, 5.74) is 1.46. The number of Topliss-reactive ketones (excluding diaryl/α,β-unsaturated/α-hetero) is 1. The molecular weight excluding hydrogens is 378 g/mol. The molecular formula is C24H19N3O3. The Bertz CT molecular complexity index is 1230. The number of benzene rings is 3. The third kappa shape index (κ3) is 2.89. The summed E-state index contributed by atoms with van der Waals surface area (Å²) < 4.78 is 0. The molecule has 2 N–H and O–H groups in total. The summed E-state index contributed by atoms with van der Waals surface area (Å²) in [5, 5.41) is 11.4. The van der Waals surface area contributed by atoms with Crippen LogP contribution in [0.2, 0.25) is 0 Å². The average Bonchev–Trinajstić information content (AvgIpc) is 3.29. The van der Waals surface area contributed by atoms with E-state index in [0.717, 1.165) is 11.1 Å². The molecule has 0 aliphatic carbocycles. The van der Waals surface area contributed by atoms with Crippen LogP contribution in [0.3, 0.4) is 0 Å². The summed E-state index contributed by atoms with van der Waals surface area (Å²) in [4.78, 5) is 35.1. The fraction of sp³-hybridized carbons (Fsp3) is 0.125. The topological polar surface area (TPSA) is 86.3 Å². The molecule has 6 heteroatoms. The van der Waals surface area contributed by atoms with Gasteiger partial charge in [0.15, 0.2) is 11.4 Å². The van der Waals surface area contributed by atoms with Crippen molar-refractivity contribution in [3.63, 3.8) is 0 Å². The fourth-order valence-electron chi connectivity index (χ4n) is 4.00. The molecule has 1 aliphatic heterocycles. The highest BCUT2D eigenvalue weighted by Crippen LogP contribution is 2.43. The van der Waals surface area contributed by atoms with Crippen molar-refractivity contribution >= 4 is 28.4 Å². The molecule has 4 aromatic rings. The predicted octanol–water partition coefficient (Wildman–Crippen LogP) is 3.57. The number of nitrogens with one attached hydrogen (secondary N) is 1. The number of para-hydroxylation sites is 3. The Hall–Kier alpha value is -3.77. The van der Waals surface area contributed by atoms with Crippen LogP contribution in [0, 0.1) is 0 Å². The van der Waals surface area contributed by atoms with Crippen LogP contribution in [0.1, 0.15) is 28.2 Å². The first-order chi connectivity index (χ1) is 14.6. The van der Waals surface area contributed by atoms with Crippen molar-refractivity contribution in [2.24, 2.45) is 0 Å². The SMILES string of the molecule is O=C(C[C@]1(O)C(=O)N(Cc2ccccc2)c2ccccc21)c1nc2ccccc2[nH]1. The highest BCUT2D eigenvalue weighted by atomic mass is 16.3. The maximum Gasteiger partial charge on any atom is 0.264 e. The molecule has 0 spiro atoms. The molecule has 0 fully saturated rings. The summed E-state index contributed by atoms with van der Waals surface area (Å²) in [6.07, 6.45) is -0.381. The van der Waals surface area contributed by atoms with Crippen LogP contribution in [0.15, 0.2) is 78.9 Å². The fourth-order valence-corrected chi connectivity index (χ4v) is 4.00. The minimum Gasteiger partial charge on any atom is -0.375 e. The van der Waals surface area contributed by atoms with E-state index in [4.69, 9.17) is 0 Å². The van der Waals surface area contributed by atoms with E-state index in [1.165, 1.54) is 4.90 Å². The first-order valence-electron chi connectivity index (χ1n) is 9.72. The van der Waals surface area contributed by atoms with Crippen molar-refractivity contribution < 1.29 is 14.7 Å². The van der Waals surface area contributed by atoms with Gasteiger partial charge in [-0.25, -0.2) is 4.98 Å². The highest BCUT2D eigenvalue weighted by Gasteiger charge is 2.51.